The molecule has 0 radical (unpaired) electrons. The lowest BCUT2D eigenvalue weighted by atomic mass is 9.95. The highest BCUT2D eigenvalue weighted by molar-refractivity contribution is 5.79. The molecule has 1 aliphatic heterocycles. The van der Waals surface area contributed by atoms with Gasteiger partial charge in [0.15, 0.2) is 0 Å². The first kappa shape index (κ1) is 23.7. The molecule has 4 rings (SSSR count). The Morgan fingerprint density at radius 2 is 2.00 bits per heavy atom. The number of nitrogens with one attached hydrogen (secondary N) is 1. The molecule has 0 aliphatic carbocycles. The summed E-state index contributed by atoms with van der Waals surface area (Å²) in [6.07, 6.45) is 5.57. The second-order valence-corrected chi connectivity index (χ2v) is 9.49. The van der Waals surface area contributed by atoms with Crippen LogP contribution in [0.25, 0.3) is 0 Å². The van der Waals surface area contributed by atoms with Crippen LogP contribution in [0, 0.1) is 31.1 Å². The van der Waals surface area contributed by atoms with Gasteiger partial charge in [-0.05, 0) is 69.0 Å². The summed E-state index contributed by atoms with van der Waals surface area (Å²) in [6, 6.07) is 16.2. The zero-order valence-corrected chi connectivity index (χ0v) is 20.3. The first-order valence-electron chi connectivity index (χ1n) is 12.0. The van der Waals surface area contributed by atoms with E-state index in [-0.39, 0.29) is 17.9 Å². The molecule has 2 aromatic carbocycles. The Balaban J connectivity index is 1.36. The van der Waals surface area contributed by atoms with Crippen molar-refractivity contribution in [3.63, 3.8) is 0 Å². The van der Waals surface area contributed by atoms with E-state index in [1.807, 2.05) is 37.4 Å². The molecule has 1 saturated heterocycles. The zero-order chi connectivity index (χ0) is 24.1. The lowest BCUT2D eigenvalue weighted by Crippen LogP contribution is -2.43. The van der Waals surface area contributed by atoms with Gasteiger partial charge >= 0.3 is 0 Å². The van der Waals surface area contributed by atoms with Gasteiger partial charge in [-0.2, -0.15) is 5.26 Å². The largest absolute Gasteiger partial charge is 0.348 e. The predicted octanol–water partition coefficient (Wildman–Crippen LogP) is 4.51. The molecule has 2 heterocycles. The van der Waals surface area contributed by atoms with Crippen molar-refractivity contribution in [2.75, 3.05) is 13.1 Å². The highest BCUT2D eigenvalue weighted by Crippen LogP contribution is 2.22. The number of hydrogen-bond acceptors (Lipinski definition) is 4. The minimum atomic E-state index is -0.136. The molecule has 0 bridgehead atoms. The minimum absolute atomic E-state index is 0.00351. The maximum absolute atomic E-state index is 13.2. The molecule has 6 heteroatoms. The minimum Gasteiger partial charge on any atom is -0.348 e. The average molecular weight is 456 g/mol. The topological polar surface area (TPSA) is 74.0 Å². The highest BCUT2D eigenvalue weighted by Gasteiger charge is 2.27. The summed E-state index contributed by atoms with van der Waals surface area (Å²) in [5, 5.41) is 12.2. The average Bonchev–Trinajstić information content (AvgIpc) is 3.30. The van der Waals surface area contributed by atoms with Crippen LogP contribution in [0.15, 0.2) is 55.0 Å². The van der Waals surface area contributed by atoms with Crippen molar-refractivity contribution in [3.05, 3.63) is 88.5 Å². The van der Waals surface area contributed by atoms with Crippen molar-refractivity contribution < 1.29 is 4.79 Å². The molecule has 6 nitrogen and oxygen atoms in total. The van der Waals surface area contributed by atoms with Crippen LogP contribution in [0.5, 0.6) is 0 Å². The highest BCUT2D eigenvalue weighted by atomic mass is 16.2. The summed E-state index contributed by atoms with van der Waals surface area (Å²) < 4.78 is 2.06. The number of aryl methyl sites for hydroxylation is 2. The summed E-state index contributed by atoms with van der Waals surface area (Å²) in [5.41, 5.74) is 6.64. The summed E-state index contributed by atoms with van der Waals surface area (Å²) in [5.74, 6) is 0.112. The second-order valence-electron chi connectivity index (χ2n) is 9.49. The second kappa shape index (κ2) is 10.7. The van der Waals surface area contributed by atoms with E-state index in [0.29, 0.717) is 12.1 Å². The van der Waals surface area contributed by atoms with Gasteiger partial charge in [0, 0.05) is 19.6 Å². The van der Waals surface area contributed by atoms with Gasteiger partial charge in [0.25, 0.3) is 0 Å². The van der Waals surface area contributed by atoms with E-state index in [0.717, 1.165) is 43.7 Å². The Hall–Kier alpha value is -3.43. The van der Waals surface area contributed by atoms with Gasteiger partial charge in [0.05, 0.1) is 41.8 Å². The molecule has 1 fully saturated rings. The first-order chi connectivity index (χ1) is 16.4. The molecule has 0 spiro atoms. The van der Waals surface area contributed by atoms with Gasteiger partial charge in [-0.3, -0.25) is 9.69 Å². The number of likely N-dealkylation sites (tertiary alicyclic amines) is 1. The van der Waals surface area contributed by atoms with E-state index in [4.69, 9.17) is 5.26 Å². The van der Waals surface area contributed by atoms with Gasteiger partial charge in [-0.1, -0.05) is 35.9 Å². The molecule has 1 amide bonds. The van der Waals surface area contributed by atoms with Gasteiger partial charge in [0.2, 0.25) is 5.91 Å². The third-order valence-electron chi connectivity index (χ3n) is 6.76. The molecule has 0 saturated carbocycles. The fourth-order valence-corrected chi connectivity index (χ4v) is 4.73. The van der Waals surface area contributed by atoms with Crippen molar-refractivity contribution in [1.82, 2.24) is 19.8 Å². The standard InChI is InChI=1S/C28H33N5O/c1-20-6-7-21(2)26(13-20)18-32-12-4-5-25(17-32)28(34)31-22(3)27-15-30-19-33(27)16-24-10-8-23(14-29)9-11-24/h6-11,13,15,19,22,25H,4-5,12,16-18H2,1-3H3,(H,31,34)/t22-,25?/m0/s1. The number of aromatic nitrogens is 2. The van der Waals surface area contributed by atoms with Crippen LogP contribution < -0.4 is 5.32 Å². The van der Waals surface area contributed by atoms with E-state index < -0.39 is 0 Å². The number of rotatable bonds is 7. The molecule has 1 N–H and O–H groups in total. The van der Waals surface area contributed by atoms with Gasteiger partial charge in [-0.25, -0.2) is 4.98 Å². The maximum Gasteiger partial charge on any atom is 0.224 e. The van der Waals surface area contributed by atoms with Crippen molar-refractivity contribution in [2.24, 2.45) is 5.92 Å². The van der Waals surface area contributed by atoms with Crippen LogP contribution in [0.2, 0.25) is 0 Å². The molecule has 34 heavy (non-hydrogen) atoms. The van der Waals surface area contributed by atoms with E-state index in [2.05, 4.69) is 57.9 Å². The van der Waals surface area contributed by atoms with Gasteiger partial charge in [0.1, 0.15) is 0 Å². The predicted molar refractivity (Wildman–Crippen MR) is 133 cm³/mol. The van der Waals surface area contributed by atoms with Crippen molar-refractivity contribution in [2.45, 2.75) is 52.7 Å². The van der Waals surface area contributed by atoms with Crippen LogP contribution in [0.1, 0.15) is 59.3 Å². The Morgan fingerprint density at radius 1 is 1.21 bits per heavy atom. The normalized spacial score (nSPS) is 17.2. The molecular weight excluding hydrogens is 422 g/mol. The first-order valence-corrected chi connectivity index (χ1v) is 12.0. The molecule has 176 valence electrons. The maximum atomic E-state index is 13.2. The van der Waals surface area contributed by atoms with E-state index in [9.17, 15) is 4.79 Å². The molecule has 1 unspecified atom stereocenters. The zero-order valence-electron chi connectivity index (χ0n) is 20.3. The fraction of sp³-hybridized carbons (Fsp3) is 0.393. The van der Waals surface area contributed by atoms with Gasteiger partial charge in [-0.15, -0.1) is 0 Å². The lowest BCUT2D eigenvalue weighted by Gasteiger charge is -2.33. The third kappa shape index (κ3) is 5.73. The summed E-state index contributed by atoms with van der Waals surface area (Å²) in [7, 11) is 0. The van der Waals surface area contributed by atoms with E-state index >= 15 is 0 Å². The number of hydrogen-bond donors (Lipinski definition) is 1. The lowest BCUT2D eigenvalue weighted by molar-refractivity contribution is -0.127. The number of carbonyl (C=O) groups excluding carboxylic acids is 1. The van der Waals surface area contributed by atoms with E-state index in [1.165, 1.54) is 16.7 Å². The van der Waals surface area contributed by atoms with Crippen LogP contribution in [-0.4, -0.2) is 33.4 Å². The Kier molecular flexibility index (Phi) is 7.44. The van der Waals surface area contributed by atoms with Crippen molar-refractivity contribution >= 4 is 5.91 Å². The third-order valence-corrected chi connectivity index (χ3v) is 6.76. The Labute approximate surface area is 202 Å². The number of piperidine rings is 1. The van der Waals surface area contributed by atoms with Crippen LogP contribution in [-0.2, 0) is 17.9 Å². The summed E-state index contributed by atoms with van der Waals surface area (Å²) in [4.78, 5) is 19.9. The number of nitrogens with zero attached hydrogens (tertiary/aromatic N) is 4. The number of nitriles is 1. The van der Waals surface area contributed by atoms with Crippen molar-refractivity contribution in [1.29, 1.82) is 5.26 Å². The Morgan fingerprint density at radius 3 is 2.76 bits per heavy atom. The molecular formula is C28H33N5O. The van der Waals surface area contributed by atoms with Crippen molar-refractivity contribution in [3.8, 4) is 6.07 Å². The Bertz CT molecular complexity index is 1170. The van der Waals surface area contributed by atoms with Crippen LogP contribution in [0.3, 0.4) is 0 Å². The monoisotopic (exact) mass is 455 g/mol. The van der Waals surface area contributed by atoms with Crippen LogP contribution in [0.4, 0.5) is 0 Å². The molecule has 1 aliphatic rings. The molecule has 2 atom stereocenters. The number of carbonyl (C=O) groups is 1. The van der Waals surface area contributed by atoms with E-state index in [1.54, 1.807) is 6.33 Å². The smallest absolute Gasteiger partial charge is 0.224 e. The quantitative estimate of drug-likeness (QED) is 0.569. The summed E-state index contributed by atoms with van der Waals surface area (Å²) >= 11 is 0. The van der Waals surface area contributed by atoms with Gasteiger partial charge < -0.3 is 9.88 Å². The fourth-order valence-electron chi connectivity index (χ4n) is 4.73. The SMILES string of the molecule is Cc1ccc(C)c(CN2CCCC(C(=O)N[C@@H](C)c3cncn3Cc3ccc(C#N)cc3)C2)c1. The molecule has 1 aromatic heterocycles. The van der Waals surface area contributed by atoms with Crippen LogP contribution >= 0.6 is 0 Å². The summed E-state index contributed by atoms with van der Waals surface area (Å²) in [6.45, 7) is 9.66. The number of imidazole rings is 1. The molecule has 3 aromatic rings. The number of amides is 1. The number of benzene rings is 2.